The molecule has 94 valence electrons. The maximum absolute atomic E-state index is 13.8. The van der Waals surface area contributed by atoms with Crippen LogP contribution < -0.4 is 5.32 Å². The van der Waals surface area contributed by atoms with Crippen LogP contribution in [0.2, 0.25) is 5.02 Å². The van der Waals surface area contributed by atoms with Gasteiger partial charge >= 0.3 is 0 Å². The number of rotatable bonds is 5. The molecule has 1 saturated carbocycles. The molecule has 0 heterocycles. The highest BCUT2D eigenvalue weighted by Crippen LogP contribution is 2.30. The Balaban J connectivity index is 2.01. The lowest BCUT2D eigenvalue weighted by Crippen LogP contribution is -2.27. The van der Waals surface area contributed by atoms with Crippen LogP contribution in [-0.2, 0) is 5.41 Å². The molecule has 1 aromatic rings. The molecule has 0 unspecified atom stereocenters. The van der Waals surface area contributed by atoms with Crippen molar-refractivity contribution in [2.24, 2.45) is 0 Å². The fraction of sp³-hybridized carbons (Fsp3) is 0.571. The van der Waals surface area contributed by atoms with Crippen LogP contribution in [0.15, 0.2) is 18.2 Å². The van der Waals surface area contributed by atoms with Gasteiger partial charge in [0.15, 0.2) is 0 Å². The number of hydrogen-bond acceptors (Lipinski definition) is 1. The first-order valence-corrected chi connectivity index (χ1v) is 6.56. The molecule has 0 aromatic heterocycles. The van der Waals surface area contributed by atoms with Crippen molar-refractivity contribution in [2.75, 3.05) is 6.54 Å². The van der Waals surface area contributed by atoms with Gasteiger partial charge < -0.3 is 5.32 Å². The molecular weight excluding hydrogens is 237 g/mol. The Kier molecular flexibility index (Phi) is 3.74. The maximum Gasteiger partial charge on any atom is 0.128 e. The number of benzene rings is 1. The lowest BCUT2D eigenvalue weighted by Gasteiger charge is -2.26. The molecule has 1 nitrogen and oxygen atoms in total. The Bertz CT molecular complexity index is 399. The van der Waals surface area contributed by atoms with Gasteiger partial charge in [-0.05, 0) is 48.9 Å². The molecule has 1 N–H and O–H groups in total. The van der Waals surface area contributed by atoms with E-state index in [-0.39, 0.29) is 11.2 Å². The van der Waals surface area contributed by atoms with Gasteiger partial charge in [-0.2, -0.15) is 0 Å². The van der Waals surface area contributed by atoms with Crippen molar-refractivity contribution >= 4 is 11.6 Å². The van der Waals surface area contributed by atoms with Gasteiger partial charge in [-0.15, -0.1) is 0 Å². The first-order chi connectivity index (χ1) is 7.99. The van der Waals surface area contributed by atoms with Crippen LogP contribution in [-0.4, -0.2) is 12.6 Å². The van der Waals surface area contributed by atoms with Gasteiger partial charge in [-0.25, -0.2) is 4.39 Å². The Labute approximate surface area is 107 Å². The number of halogens is 2. The second-order valence-corrected chi connectivity index (χ2v) is 5.92. The fourth-order valence-electron chi connectivity index (χ4n) is 2.05. The summed E-state index contributed by atoms with van der Waals surface area (Å²) in [5.41, 5.74) is 0.593. The molecule has 1 aromatic carbocycles. The summed E-state index contributed by atoms with van der Waals surface area (Å²) in [7, 11) is 0. The van der Waals surface area contributed by atoms with Crippen LogP contribution in [0, 0.1) is 5.82 Å². The van der Waals surface area contributed by atoms with Crippen molar-refractivity contribution in [3.05, 3.63) is 34.6 Å². The van der Waals surface area contributed by atoms with Crippen LogP contribution in [0.25, 0.3) is 0 Å². The Hall–Kier alpha value is -0.600. The van der Waals surface area contributed by atoms with Crippen LogP contribution in [0.1, 0.15) is 38.7 Å². The summed E-state index contributed by atoms with van der Waals surface area (Å²) in [6, 6.07) is 5.67. The van der Waals surface area contributed by atoms with Crippen molar-refractivity contribution in [3.63, 3.8) is 0 Å². The first kappa shape index (κ1) is 12.8. The maximum atomic E-state index is 13.8. The normalized spacial score (nSPS) is 16.2. The van der Waals surface area contributed by atoms with Gasteiger partial charge in [-0.1, -0.05) is 31.5 Å². The quantitative estimate of drug-likeness (QED) is 0.842. The summed E-state index contributed by atoms with van der Waals surface area (Å²) >= 11 is 5.77. The predicted octanol–water partition coefficient (Wildman–Crippen LogP) is 3.90. The monoisotopic (exact) mass is 255 g/mol. The molecule has 3 heteroatoms. The van der Waals surface area contributed by atoms with Gasteiger partial charge in [-0.3, -0.25) is 0 Å². The third-order valence-electron chi connectivity index (χ3n) is 3.42. The molecule has 0 aliphatic heterocycles. The van der Waals surface area contributed by atoms with E-state index in [1.54, 1.807) is 12.1 Å². The minimum absolute atomic E-state index is 0.156. The molecule has 0 bridgehead atoms. The van der Waals surface area contributed by atoms with Crippen LogP contribution in [0.4, 0.5) is 4.39 Å². The first-order valence-electron chi connectivity index (χ1n) is 6.18. The van der Waals surface area contributed by atoms with Crippen molar-refractivity contribution in [3.8, 4) is 0 Å². The molecule has 17 heavy (non-hydrogen) atoms. The van der Waals surface area contributed by atoms with Crippen molar-refractivity contribution in [1.29, 1.82) is 0 Å². The summed E-state index contributed by atoms with van der Waals surface area (Å²) < 4.78 is 13.8. The van der Waals surface area contributed by atoms with Gasteiger partial charge in [0.2, 0.25) is 0 Å². The Morgan fingerprint density at radius 2 is 2.12 bits per heavy atom. The lowest BCUT2D eigenvalue weighted by molar-refractivity contribution is 0.433. The predicted molar refractivity (Wildman–Crippen MR) is 70.1 cm³/mol. The average molecular weight is 256 g/mol. The summed E-state index contributed by atoms with van der Waals surface area (Å²) in [6.45, 7) is 5.10. The summed E-state index contributed by atoms with van der Waals surface area (Å²) in [5, 5.41) is 3.92. The highest BCUT2D eigenvalue weighted by Gasteiger charge is 2.26. The molecule has 1 aliphatic carbocycles. The van der Waals surface area contributed by atoms with E-state index in [0.29, 0.717) is 11.1 Å². The summed E-state index contributed by atoms with van der Waals surface area (Å²) in [4.78, 5) is 0. The minimum Gasteiger partial charge on any atom is -0.314 e. The SMILES string of the molecule is CC(C)(CCNC1CC1)c1ccc(Cl)cc1F. The zero-order valence-electron chi connectivity index (χ0n) is 10.4. The van der Waals surface area contributed by atoms with E-state index in [1.807, 2.05) is 0 Å². The molecule has 0 amide bonds. The molecule has 2 rings (SSSR count). The fourth-order valence-corrected chi connectivity index (χ4v) is 2.21. The smallest absolute Gasteiger partial charge is 0.128 e. The molecular formula is C14H19ClFN. The standard InChI is InChI=1S/C14H19ClFN/c1-14(2,7-8-17-11-4-5-11)12-6-3-10(15)9-13(12)16/h3,6,9,11,17H,4-5,7-8H2,1-2H3. The van der Waals surface area contributed by atoms with Gasteiger partial charge in [0.1, 0.15) is 5.82 Å². The third-order valence-corrected chi connectivity index (χ3v) is 3.66. The highest BCUT2D eigenvalue weighted by molar-refractivity contribution is 6.30. The third kappa shape index (κ3) is 3.43. The zero-order valence-corrected chi connectivity index (χ0v) is 11.1. The van der Waals surface area contributed by atoms with Crippen LogP contribution in [0.3, 0.4) is 0 Å². The van der Waals surface area contributed by atoms with Gasteiger partial charge in [0.05, 0.1) is 0 Å². The van der Waals surface area contributed by atoms with Crippen molar-refractivity contribution in [1.82, 2.24) is 5.32 Å². The topological polar surface area (TPSA) is 12.0 Å². The number of hydrogen-bond donors (Lipinski definition) is 1. The molecule has 0 radical (unpaired) electrons. The molecule has 1 aliphatic rings. The van der Waals surface area contributed by atoms with Gasteiger partial charge in [0.25, 0.3) is 0 Å². The summed E-state index contributed by atoms with van der Waals surface area (Å²) in [5.74, 6) is -0.200. The van der Waals surface area contributed by atoms with Crippen LogP contribution in [0.5, 0.6) is 0 Å². The molecule has 0 saturated heterocycles. The molecule has 0 spiro atoms. The van der Waals surface area contributed by atoms with E-state index < -0.39 is 0 Å². The van der Waals surface area contributed by atoms with Gasteiger partial charge in [0, 0.05) is 11.1 Å². The minimum atomic E-state index is -0.200. The van der Waals surface area contributed by atoms with E-state index in [9.17, 15) is 4.39 Å². The van der Waals surface area contributed by atoms with E-state index in [2.05, 4.69) is 19.2 Å². The average Bonchev–Trinajstić information content (AvgIpc) is 3.00. The largest absolute Gasteiger partial charge is 0.314 e. The zero-order chi connectivity index (χ0) is 12.5. The highest BCUT2D eigenvalue weighted by atomic mass is 35.5. The van der Waals surface area contributed by atoms with Crippen LogP contribution >= 0.6 is 11.6 Å². The molecule has 0 atom stereocenters. The van der Waals surface area contributed by atoms with E-state index >= 15 is 0 Å². The summed E-state index contributed by atoms with van der Waals surface area (Å²) in [6.07, 6.45) is 3.51. The second-order valence-electron chi connectivity index (χ2n) is 5.49. The Morgan fingerprint density at radius 3 is 2.71 bits per heavy atom. The number of nitrogens with one attached hydrogen (secondary N) is 1. The van der Waals surface area contributed by atoms with Crippen molar-refractivity contribution < 1.29 is 4.39 Å². The van der Waals surface area contributed by atoms with Crippen molar-refractivity contribution in [2.45, 2.75) is 44.6 Å². The Morgan fingerprint density at radius 1 is 1.41 bits per heavy atom. The second kappa shape index (κ2) is 4.95. The lowest BCUT2D eigenvalue weighted by atomic mass is 9.81. The van der Waals surface area contributed by atoms with E-state index in [0.717, 1.165) is 18.5 Å². The van der Waals surface area contributed by atoms with E-state index in [4.69, 9.17) is 11.6 Å². The van der Waals surface area contributed by atoms with E-state index in [1.165, 1.54) is 18.9 Å². The molecule has 1 fully saturated rings.